The number of benzene rings is 2. The summed E-state index contributed by atoms with van der Waals surface area (Å²) in [5.74, 6) is 0.900. The Morgan fingerprint density at radius 2 is 1.75 bits per heavy atom. The van der Waals surface area contributed by atoms with Crippen molar-refractivity contribution < 1.29 is 13.2 Å². The van der Waals surface area contributed by atoms with Crippen LogP contribution >= 0.6 is 50.9 Å². The van der Waals surface area contributed by atoms with Gasteiger partial charge in [-0.25, -0.2) is 8.42 Å². The molecule has 2 aromatic carbocycles. The number of nitrogens with zero attached hydrogens (tertiary/aromatic N) is 1. The highest BCUT2D eigenvalue weighted by Gasteiger charge is 2.20. The molecule has 0 heterocycles. The highest BCUT2D eigenvalue weighted by Crippen LogP contribution is 2.28. The zero-order valence-electron chi connectivity index (χ0n) is 15.0. The van der Waals surface area contributed by atoms with E-state index < -0.39 is 10.0 Å². The number of carbonyl (C=O) groups is 1. The topological polar surface area (TPSA) is 66.5 Å². The lowest BCUT2D eigenvalue weighted by atomic mass is 10.2. The molecule has 2 rings (SSSR count). The molecule has 0 unspecified atom stereocenters. The summed E-state index contributed by atoms with van der Waals surface area (Å²) in [6.07, 6.45) is 1.07. The smallest absolute Gasteiger partial charge is 0.240 e. The average Bonchev–Trinajstić information content (AvgIpc) is 2.61. The molecule has 2 aromatic rings. The third-order valence-corrected chi connectivity index (χ3v) is 7.04. The highest BCUT2D eigenvalue weighted by molar-refractivity contribution is 9.10. The maximum atomic E-state index is 12.2. The molecule has 0 saturated carbocycles. The van der Waals surface area contributed by atoms with Crippen molar-refractivity contribution in [2.24, 2.45) is 0 Å². The number of amides is 1. The molecular weight excluding hydrogens is 507 g/mol. The first-order valence-corrected chi connectivity index (χ1v) is 12.7. The van der Waals surface area contributed by atoms with Crippen LogP contribution < -0.4 is 9.62 Å². The normalized spacial score (nSPS) is 11.3. The van der Waals surface area contributed by atoms with Crippen LogP contribution in [0.1, 0.15) is 5.56 Å². The molecular formula is C18H19BrCl2N2O3S2. The van der Waals surface area contributed by atoms with Crippen LogP contribution in [0.5, 0.6) is 0 Å². The highest BCUT2D eigenvalue weighted by atomic mass is 79.9. The van der Waals surface area contributed by atoms with Crippen LogP contribution in [0.25, 0.3) is 0 Å². The third kappa shape index (κ3) is 7.15. The SMILES string of the molecule is CS(=O)(=O)N(CC(=O)NCCSCc1c(Cl)cccc1Cl)c1ccc(Br)cc1. The molecule has 0 spiro atoms. The summed E-state index contributed by atoms with van der Waals surface area (Å²) in [7, 11) is -3.58. The van der Waals surface area contributed by atoms with Crippen molar-refractivity contribution >= 4 is 72.5 Å². The van der Waals surface area contributed by atoms with Crippen LogP contribution in [0.15, 0.2) is 46.9 Å². The van der Waals surface area contributed by atoms with Gasteiger partial charge in [-0.05, 0) is 42.0 Å². The minimum Gasteiger partial charge on any atom is -0.354 e. The first kappa shape index (κ1) is 23.3. The minimum atomic E-state index is -3.58. The Kier molecular flexibility index (Phi) is 8.95. The van der Waals surface area contributed by atoms with Gasteiger partial charge in [-0.3, -0.25) is 9.10 Å². The zero-order chi connectivity index (χ0) is 20.7. The van der Waals surface area contributed by atoms with Gasteiger partial charge in [-0.2, -0.15) is 11.8 Å². The molecule has 0 saturated heterocycles. The van der Waals surface area contributed by atoms with Crippen molar-refractivity contribution in [2.75, 3.05) is 29.4 Å². The summed E-state index contributed by atoms with van der Waals surface area (Å²) in [5, 5.41) is 3.97. The quantitative estimate of drug-likeness (QED) is 0.487. The Balaban J connectivity index is 1.84. The monoisotopic (exact) mass is 524 g/mol. The summed E-state index contributed by atoms with van der Waals surface area (Å²) in [6.45, 7) is 0.130. The molecule has 1 N–H and O–H groups in total. The van der Waals surface area contributed by atoms with E-state index >= 15 is 0 Å². The van der Waals surface area contributed by atoms with E-state index in [0.717, 1.165) is 20.6 Å². The summed E-state index contributed by atoms with van der Waals surface area (Å²) in [4.78, 5) is 12.2. The van der Waals surface area contributed by atoms with Gasteiger partial charge < -0.3 is 5.32 Å². The number of anilines is 1. The third-order valence-electron chi connectivity index (χ3n) is 3.68. The molecule has 0 radical (unpaired) electrons. The van der Waals surface area contributed by atoms with Crippen LogP contribution in [0.2, 0.25) is 10.0 Å². The molecule has 5 nitrogen and oxygen atoms in total. The molecule has 0 atom stereocenters. The summed E-state index contributed by atoms with van der Waals surface area (Å²) >= 11 is 17.1. The lowest BCUT2D eigenvalue weighted by Crippen LogP contribution is -2.41. The molecule has 1 amide bonds. The van der Waals surface area contributed by atoms with E-state index in [4.69, 9.17) is 23.2 Å². The van der Waals surface area contributed by atoms with Gasteiger partial charge in [-0.1, -0.05) is 45.2 Å². The van der Waals surface area contributed by atoms with Crippen molar-refractivity contribution in [3.8, 4) is 0 Å². The fourth-order valence-corrected chi connectivity index (χ4v) is 5.02. The number of hydrogen-bond acceptors (Lipinski definition) is 4. The number of hydrogen-bond donors (Lipinski definition) is 1. The van der Waals surface area contributed by atoms with E-state index in [9.17, 15) is 13.2 Å². The second-order valence-electron chi connectivity index (χ2n) is 5.85. The number of thioether (sulfide) groups is 1. The Morgan fingerprint density at radius 3 is 2.32 bits per heavy atom. The van der Waals surface area contributed by atoms with Gasteiger partial charge in [0.05, 0.1) is 11.9 Å². The van der Waals surface area contributed by atoms with E-state index in [1.165, 1.54) is 0 Å². The van der Waals surface area contributed by atoms with Gasteiger partial charge in [0.1, 0.15) is 6.54 Å². The van der Waals surface area contributed by atoms with Gasteiger partial charge >= 0.3 is 0 Å². The molecule has 0 aliphatic carbocycles. The van der Waals surface area contributed by atoms with E-state index in [-0.39, 0.29) is 12.5 Å². The largest absolute Gasteiger partial charge is 0.354 e. The van der Waals surface area contributed by atoms with Gasteiger partial charge in [-0.15, -0.1) is 0 Å². The standard InChI is InChI=1S/C18H19BrCl2N2O3S2/c1-28(25,26)23(14-7-5-13(19)6-8-14)11-18(24)22-9-10-27-12-15-16(20)3-2-4-17(15)21/h2-8H,9-12H2,1H3,(H,22,24). The van der Waals surface area contributed by atoms with Crippen LogP contribution in [-0.2, 0) is 20.6 Å². The fourth-order valence-electron chi connectivity index (χ4n) is 2.30. The minimum absolute atomic E-state index is 0.276. The molecule has 28 heavy (non-hydrogen) atoms. The van der Waals surface area contributed by atoms with Crippen LogP contribution in [0.4, 0.5) is 5.69 Å². The van der Waals surface area contributed by atoms with Crippen molar-refractivity contribution in [3.05, 3.63) is 62.5 Å². The average molecular weight is 526 g/mol. The molecule has 0 aliphatic rings. The predicted octanol–water partition coefficient (Wildman–Crippen LogP) is 4.57. The summed E-state index contributed by atoms with van der Waals surface area (Å²) in [6, 6.07) is 12.1. The first-order valence-electron chi connectivity index (χ1n) is 8.19. The molecule has 0 bridgehead atoms. The summed E-state index contributed by atoms with van der Waals surface area (Å²) < 4.78 is 26.0. The second-order valence-corrected chi connectivity index (χ2v) is 10.6. The summed E-state index contributed by atoms with van der Waals surface area (Å²) in [5.41, 5.74) is 1.30. The zero-order valence-corrected chi connectivity index (χ0v) is 19.7. The maximum Gasteiger partial charge on any atom is 0.240 e. The Bertz CT molecular complexity index is 905. The Hall–Kier alpha value is -0.930. The molecule has 10 heteroatoms. The van der Waals surface area contributed by atoms with Gasteiger partial charge in [0.25, 0.3) is 0 Å². The molecule has 152 valence electrons. The van der Waals surface area contributed by atoms with E-state index in [0.29, 0.717) is 33.8 Å². The van der Waals surface area contributed by atoms with Crippen LogP contribution in [0.3, 0.4) is 0 Å². The van der Waals surface area contributed by atoms with Crippen molar-refractivity contribution in [2.45, 2.75) is 5.75 Å². The number of halogens is 3. The van der Waals surface area contributed by atoms with Gasteiger partial charge in [0.15, 0.2) is 0 Å². The Labute approximate surface area is 188 Å². The molecule has 0 aliphatic heterocycles. The fraction of sp³-hybridized carbons (Fsp3) is 0.278. The maximum absolute atomic E-state index is 12.2. The van der Waals surface area contributed by atoms with E-state index in [2.05, 4.69) is 21.2 Å². The van der Waals surface area contributed by atoms with Crippen LogP contribution in [0, 0.1) is 0 Å². The lowest BCUT2D eigenvalue weighted by Gasteiger charge is -2.22. The van der Waals surface area contributed by atoms with E-state index in [1.54, 1.807) is 54.2 Å². The molecule has 0 fully saturated rings. The second kappa shape index (κ2) is 10.7. The predicted molar refractivity (Wildman–Crippen MR) is 122 cm³/mol. The lowest BCUT2D eigenvalue weighted by molar-refractivity contribution is -0.119. The first-order chi connectivity index (χ1) is 13.2. The van der Waals surface area contributed by atoms with Crippen molar-refractivity contribution in [3.63, 3.8) is 0 Å². The number of carbonyl (C=O) groups excluding carboxylic acids is 1. The molecule has 0 aromatic heterocycles. The Morgan fingerprint density at radius 1 is 1.14 bits per heavy atom. The van der Waals surface area contributed by atoms with Crippen LogP contribution in [-0.4, -0.2) is 39.4 Å². The van der Waals surface area contributed by atoms with Crippen molar-refractivity contribution in [1.29, 1.82) is 0 Å². The number of sulfonamides is 1. The van der Waals surface area contributed by atoms with Crippen molar-refractivity contribution in [1.82, 2.24) is 5.32 Å². The number of rotatable bonds is 9. The van der Waals surface area contributed by atoms with E-state index in [1.807, 2.05) is 0 Å². The number of nitrogens with one attached hydrogen (secondary N) is 1. The van der Waals surface area contributed by atoms with Gasteiger partial charge in [0.2, 0.25) is 15.9 Å². The van der Waals surface area contributed by atoms with Gasteiger partial charge in [0, 0.05) is 32.6 Å².